The van der Waals surface area contributed by atoms with Gasteiger partial charge in [-0.05, 0) is 31.5 Å². The Hall–Kier alpha value is -1.94. The number of hydrogen-bond acceptors (Lipinski definition) is 4. The van der Waals surface area contributed by atoms with E-state index in [1.54, 1.807) is 18.5 Å². The molecule has 0 aromatic carbocycles. The van der Waals surface area contributed by atoms with Gasteiger partial charge in [0.15, 0.2) is 0 Å². The second-order valence-corrected chi connectivity index (χ2v) is 3.99. The number of aromatic nitrogens is 2. The number of aliphatic hydroxyl groups is 1. The molecule has 0 aliphatic rings. The average molecular weight is 244 g/mol. The zero-order valence-electron chi connectivity index (χ0n) is 10.6. The largest absolute Gasteiger partial charge is 0.455 e. The van der Waals surface area contributed by atoms with Crippen molar-refractivity contribution in [3.63, 3.8) is 0 Å². The fraction of sp³-hybridized carbons (Fsp3) is 0.286. The van der Waals surface area contributed by atoms with E-state index >= 15 is 0 Å². The molecule has 0 aliphatic heterocycles. The Morgan fingerprint density at radius 2 is 2.06 bits per heavy atom. The van der Waals surface area contributed by atoms with Crippen LogP contribution in [0.3, 0.4) is 0 Å². The molecule has 2 rings (SSSR count). The molecule has 2 heterocycles. The summed E-state index contributed by atoms with van der Waals surface area (Å²) < 4.78 is 5.81. The molecule has 0 saturated carbocycles. The summed E-state index contributed by atoms with van der Waals surface area (Å²) in [6.07, 6.45) is 4.04. The Kier molecular flexibility index (Phi) is 3.89. The molecule has 0 bridgehead atoms. The van der Waals surface area contributed by atoms with Crippen LogP contribution in [-0.4, -0.2) is 15.1 Å². The van der Waals surface area contributed by atoms with Crippen LogP contribution in [0.25, 0.3) is 0 Å². The molecule has 18 heavy (non-hydrogen) atoms. The minimum absolute atomic E-state index is 0.0933. The summed E-state index contributed by atoms with van der Waals surface area (Å²) >= 11 is 0. The summed E-state index contributed by atoms with van der Waals surface area (Å²) in [5.41, 5.74) is 2.55. The van der Waals surface area contributed by atoms with Crippen molar-refractivity contribution < 1.29 is 9.84 Å². The van der Waals surface area contributed by atoms with Crippen LogP contribution in [0, 0.1) is 6.92 Å². The SMILES string of the molecule is CCc1nc(C)ccc1Oc1ccncc1CO. The lowest BCUT2D eigenvalue weighted by molar-refractivity contribution is 0.276. The van der Waals surface area contributed by atoms with Gasteiger partial charge in [-0.2, -0.15) is 0 Å². The summed E-state index contributed by atoms with van der Waals surface area (Å²) in [5.74, 6) is 1.34. The van der Waals surface area contributed by atoms with Crippen LogP contribution in [-0.2, 0) is 13.0 Å². The zero-order valence-corrected chi connectivity index (χ0v) is 10.6. The predicted octanol–water partition coefficient (Wildman–Crippen LogP) is 2.63. The van der Waals surface area contributed by atoms with Gasteiger partial charge < -0.3 is 9.84 Å². The number of hydrogen-bond donors (Lipinski definition) is 1. The summed E-state index contributed by atoms with van der Waals surface area (Å²) in [6.45, 7) is 3.90. The highest BCUT2D eigenvalue weighted by Gasteiger charge is 2.08. The maximum atomic E-state index is 9.23. The molecule has 0 spiro atoms. The third-order valence-corrected chi connectivity index (χ3v) is 2.66. The molecule has 0 atom stereocenters. The van der Waals surface area contributed by atoms with E-state index in [9.17, 15) is 5.11 Å². The molecule has 2 aromatic heterocycles. The lowest BCUT2D eigenvalue weighted by Gasteiger charge is -2.12. The molecular formula is C14H16N2O2. The van der Waals surface area contributed by atoms with Gasteiger partial charge in [-0.25, -0.2) is 0 Å². The third-order valence-electron chi connectivity index (χ3n) is 2.66. The third kappa shape index (κ3) is 2.65. The first-order chi connectivity index (χ1) is 8.74. The van der Waals surface area contributed by atoms with Gasteiger partial charge in [0.05, 0.1) is 12.3 Å². The highest BCUT2D eigenvalue weighted by molar-refractivity contribution is 5.38. The fourth-order valence-corrected chi connectivity index (χ4v) is 1.70. The molecule has 94 valence electrons. The number of aryl methyl sites for hydroxylation is 2. The Morgan fingerprint density at radius 1 is 1.22 bits per heavy atom. The van der Waals surface area contributed by atoms with E-state index in [-0.39, 0.29) is 6.61 Å². The number of aliphatic hydroxyl groups excluding tert-OH is 1. The lowest BCUT2D eigenvalue weighted by Crippen LogP contribution is -1.98. The van der Waals surface area contributed by atoms with E-state index in [2.05, 4.69) is 9.97 Å². The van der Waals surface area contributed by atoms with Crippen molar-refractivity contribution >= 4 is 0 Å². The van der Waals surface area contributed by atoms with Crippen molar-refractivity contribution in [1.29, 1.82) is 0 Å². The molecule has 0 fully saturated rings. The first kappa shape index (κ1) is 12.5. The molecule has 0 unspecified atom stereocenters. The maximum absolute atomic E-state index is 9.23. The fourth-order valence-electron chi connectivity index (χ4n) is 1.70. The second-order valence-electron chi connectivity index (χ2n) is 3.99. The van der Waals surface area contributed by atoms with E-state index in [4.69, 9.17) is 4.74 Å². The van der Waals surface area contributed by atoms with Crippen molar-refractivity contribution in [2.75, 3.05) is 0 Å². The molecule has 0 radical (unpaired) electrons. The Labute approximate surface area is 106 Å². The van der Waals surface area contributed by atoms with Crippen LogP contribution in [0.2, 0.25) is 0 Å². The number of rotatable bonds is 4. The maximum Gasteiger partial charge on any atom is 0.148 e. The highest BCUT2D eigenvalue weighted by atomic mass is 16.5. The van der Waals surface area contributed by atoms with Gasteiger partial charge in [0.2, 0.25) is 0 Å². The van der Waals surface area contributed by atoms with Gasteiger partial charge in [-0.15, -0.1) is 0 Å². The first-order valence-electron chi connectivity index (χ1n) is 5.92. The summed E-state index contributed by atoms with van der Waals surface area (Å²) in [6, 6.07) is 5.56. The van der Waals surface area contributed by atoms with Crippen LogP contribution in [0.4, 0.5) is 0 Å². The Bertz CT molecular complexity index is 541. The van der Waals surface area contributed by atoms with Crippen molar-refractivity contribution in [2.24, 2.45) is 0 Å². The second kappa shape index (κ2) is 5.60. The Balaban J connectivity index is 2.33. The van der Waals surface area contributed by atoms with Crippen molar-refractivity contribution in [3.8, 4) is 11.5 Å². The summed E-state index contributed by atoms with van der Waals surface area (Å²) in [7, 11) is 0. The summed E-state index contributed by atoms with van der Waals surface area (Å²) in [4.78, 5) is 8.40. The monoisotopic (exact) mass is 244 g/mol. The Morgan fingerprint density at radius 3 is 2.78 bits per heavy atom. The van der Waals surface area contributed by atoms with Crippen molar-refractivity contribution in [3.05, 3.63) is 47.5 Å². The molecule has 4 heteroatoms. The summed E-state index contributed by atoms with van der Waals surface area (Å²) in [5, 5.41) is 9.23. The molecule has 4 nitrogen and oxygen atoms in total. The standard InChI is InChI=1S/C14H16N2O2/c1-3-12-14(5-4-10(2)16-12)18-13-6-7-15-8-11(13)9-17/h4-8,17H,3,9H2,1-2H3. The predicted molar refractivity (Wildman–Crippen MR) is 68.6 cm³/mol. The highest BCUT2D eigenvalue weighted by Crippen LogP contribution is 2.27. The van der Waals surface area contributed by atoms with E-state index in [1.807, 2.05) is 26.0 Å². The topological polar surface area (TPSA) is 55.2 Å². The van der Waals surface area contributed by atoms with Crippen LogP contribution < -0.4 is 4.74 Å². The van der Waals surface area contributed by atoms with E-state index < -0.39 is 0 Å². The number of ether oxygens (including phenoxy) is 1. The van der Waals surface area contributed by atoms with Crippen LogP contribution in [0.5, 0.6) is 11.5 Å². The normalized spacial score (nSPS) is 10.4. The molecule has 2 aromatic rings. The van der Waals surface area contributed by atoms with Crippen LogP contribution >= 0.6 is 0 Å². The van der Waals surface area contributed by atoms with Crippen molar-refractivity contribution in [1.82, 2.24) is 9.97 Å². The van der Waals surface area contributed by atoms with Crippen LogP contribution in [0.15, 0.2) is 30.6 Å². The van der Waals surface area contributed by atoms with Gasteiger partial charge in [0.1, 0.15) is 11.5 Å². The average Bonchev–Trinajstić information content (AvgIpc) is 2.41. The smallest absolute Gasteiger partial charge is 0.148 e. The number of nitrogens with zero attached hydrogens (tertiary/aromatic N) is 2. The van der Waals surface area contributed by atoms with Crippen LogP contribution in [0.1, 0.15) is 23.9 Å². The minimum Gasteiger partial charge on any atom is -0.455 e. The van der Waals surface area contributed by atoms with Crippen molar-refractivity contribution in [2.45, 2.75) is 26.9 Å². The quantitative estimate of drug-likeness (QED) is 0.898. The van der Waals surface area contributed by atoms with E-state index in [1.165, 1.54) is 0 Å². The molecule has 0 amide bonds. The molecule has 1 N–H and O–H groups in total. The number of pyridine rings is 2. The van der Waals surface area contributed by atoms with Gasteiger partial charge >= 0.3 is 0 Å². The minimum atomic E-state index is -0.0933. The zero-order chi connectivity index (χ0) is 13.0. The van der Waals surface area contributed by atoms with Gasteiger partial charge in [0, 0.05) is 23.7 Å². The molecular weight excluding hydrogens is 228 g/mol. The molecule has 0 aliphatic carbocycles. The van der Waals surface area contributed by atoms with Gasteiger partial charge in [-0.3, -0.25) is 9.97 Å². The molecule has 0 saturated heterocycles. The van der Waals surface area contributed by atoms with E-state index in [0.29, 0.717) is 11.3 Å². The lowest BCUT2D eigenvalue weighted by atomic mass is 10.2. The van der Waals surface area contributed by atoms with E-state index in [0.717, 1.165) is 23.6 Å². The first-order valence-corrected chi connectivity index (χ1v) is 5.92. The van der Waals surface area contributed by atoms with Gasteiger partial charge in [0.25, 0.3) is 0 Å². The van der Waals surface area contributed by atoms with Gasteiger partial charge in [-0.1, -0.05) is 6.92 Å².